The summed E-state index contributed by atoms with van der Waals surface area (Å²) in [5, 5.41) is 10.3. The molecule has 1 fully saturated rings. The van der Waals surface area contributed by atoms with E-state index in [1.54, 1.807) is 0 Å². The van der Waals surface area contributed by atoms with Crippen LogP contribution in [0, 0.1) is 5.92 Å². The second kappa shape index (κ2) is 11.5. The van der Waals surface area contributed by atoms with Crippen molar-refractivity contribution in [2.45, 2.75) is 46.1 Å². The minimum Gasteiger partial charge on any atom is -0.380 e. The Morgan fingerprint density at radius 2 is 2.00 bits per heavy atom. The predicted octanol–water partition coefficient (Wildman–Crippen LogP) is 2.69. The van der Waals surface area contributed by atoms with Gasteiger partial charge in [-0.15, -0.1) is 0 Å². The number of nitrogens with one attached hydrogen (secondary N) is 3. The third kappa shape index (κ3) is 7.49. The number of carbonyl (C=O) groups excluding carboxylic acids is 1. The van der Waals surface area contributed by atoms with Gasteiger partial charge in [-0.25, -0.2) is 0 Å². The number of likely N-dealkylation sites (tertiary alicyclic amines) is 1. The van der Waals surface area contributed by atoms with Gasteiger partial charge < -0.3 is 20.9 Å². The average Bonchev–Trinajstić information content (AvgIpc) is 3.07. The number of para-hydroxylation sites is 1. The van der Waals surface area contributed by atoms with Gasteiger partial charge >= 0.3 is 0 Å². The molecule has 6 nitrogen and oxygen atoms in total. The number of hydrogen-bond donors (Lipinski definition) is 3. The molecule has 0 aliphatic carbocycles. The van der Waals surface area contributed by atoms with Crippen LogP contribution < -0.4 is 16.0 Å². The van der Waals surface area contributed by atoms with E-state index in [0.29, 0.717) is 24.8 Å². The third-order valence-corrected chi connectivity index (χ3v) is 4.79. The van der Waals surface area contributed by atoms with Crippen molar-refractivity contribution in [3.63, 3.8) is 0 Å². The molecule has 3 N–H and O–H groups in total. The molecule has 1 heterocycles. The zero-order valence-electron chi connectivity index (χ0n) is 17.0. The average molecular weight is 374 g/mol. The summed E-state index contributed by atoms with van der Waals surface area (Å²) in [5.41, 5.74) is 1.12. The van der Waals surface area contributed by atoms with E-state index in [4.69, 9.17) is 4.99 Å². The fourth-order valence-electron chi connectivity index (χ4n) is 3.12. The van der Waals surface area contributed by atoms with E-state index in [1.807, 2.05) is 23.1 Å². The molecular weight excluding hydrogens is 338 g/mol. The lowest BCUT2D eigenvalue weighted by atomic mass is 10.0. The lowest BCUT2D eigenvalue weighted by molar-refractivity contribution is -0.127. The zero-order valence-corrected chi connectivity index (χ0v) is 17.0. The highest BCUT2D eigenvalue weighted by Gasteiger charge is 2.19. The Labute approximate surface area is 163 Å². The summed E-state index contributed by atoms with van der Waals surface area (Å²) in [5.74, 6) is 1.60. The first-order chi connectivity index (χ1) is 13.1. The summed E-state index contributed by atoms with van der Waals surface area (Å²) in [6.45, 7) is 10.6. The van der Waals surface area contributed by atoms with Gasteiger partial charge in [0.2, 0.25) is 5.91 Å². The van der Waals surface area contributed by atoms with E-state index in [1.165, 1.54) is 0 Å². The number of guanidine groups is 1. The first kappa shape index (κ1) is 21.1. The van der Waals surface area contributed by atoms with Crippen molar-refractivity contribution in [1.29, 1.82) is 0 Å². The number of aliphatic imine (C=N–C) groups is 1. The molecule has 150 valence electrons. The zero-order chi connectivity index (χ0) is 19.5. The second-order valence-electron chi connectivity index (χ2n) is 7.35. The van der Waals surface area contributed by atoms with Crippen molar-refractivity contribution < 1.29 is 4.79 Å². The highest BCUT2D eigenvalue weighted by atomic mass is 16.2. The van der Waals surface area contributed by atoms with Gasteiger partial charge in [-0.05, 0) is 37.8 Å². The first-order valence-corrected chi connectivity index (χ1v) is 10.2. The van der Waals surface area contributed by atoms with E-state index in [9.17, 15) is 4.79 Å². The van der Waals surface area contributed by atoms with Crippen molar-refractivity contribution in [2.24, 2.45) is 10.9 Å². The van der Waals surface area contributed by atoms with Crippen LogP contribution in [0.2, 0.25) is 0 Å². The van der Waals surface area contributed by atoms with Crippen LogP contribution in [0.1, 0.15) is 40.0 Å². The molecule has 27 heavy (non-hydrogen) atoms. The van der Waals surface area contributed by atoms with Gasteiger partial charge in [0, 0.05) is 44.3 Å². The number of rotatable bonds is 10. The number of benzene rings is 1. The maximum Gasteiger partial charge on any atom is 0.222 e. The maximum atomic E-state index is 11.7. The van der Waals surface area contributed by atoms with Crippen LogP contribution in [0.3, 0.4) is 0 Å². The van der Waals surface area contributed by atoms with E-state index in [0.717, 1.165) is 50.7 Å². The topological polar surface area (TPSA) is 68.8 Å². The number of hydrogen-bond acceptors (Lipinski definition) is 3. The minimum atomic E-state index is 0.269. The molecule has 1 amide bonds. The lowest BCUT2D eigenvalue weighted by Crippen LogP contribution is -2.40. The molecule has 1 aromatic rings. The van der Waals surface area contributed by atoms with Gasteiger partial charge in [0.25, 0.3) is 0 Å². The van der Waals surface area contributed by atoms with Crippen LogP contribution in [-0.4, -0.2) is 55.5 Å². The highest BCUT2D eigenvalue weighted by Crippen LogP contribution is 2.12. The van der Waals surface area contributed by atoms with Gasteiger partial charge in [-0.3, -0.25) is 9.79 Å². The Morgan fingerprint density at radius 3 is 2.63 bits per heavy atom. The summed E-state index contributed by atoms with van der Waals surface area (Å²) in [7, 11) is 0. The van der Waals surface area contributed by atoms with Gasteiger partial charge in [0.1, 0.15) is 0 Å². The van der Waals surface area contributed by atoms with E-state index < -0.39 is 0 Å². The Morgan fingerprint density at radius 1 is 1.22 bits per heavy atom. The van der Waals surface area contributed by atoms with Crippen LogP contribution in [0.4, 0.5) is 5.69 Å². The van der Waals surface area contributed by atoms with Crippen LogP contribution in [0.15, 0.2) is 35.3 Å². The quantitative estimate of drug-likeness (QED) is 0.335. The van der Waals surface area contributed by atoms with Crippen LogP contribution in [-0.2, 0) is 4.79 Å². The van der Waals surface area contributed by atoms with Crippen molar-refractivity contribution in [2.75, 3.05) is 38.0 Å². The lowest BCUT2D eigenvalue weighted by Gasteiger charge is -2.23. The van der Waals surface area contributed by atoms with Gasteiger partial charge in [-0.2, -0.15) is 0 Å². The molecule has 1 atom stereocenters. The molecule has 0 radical (unpaired) electrons. The SMILES string of the molecule is CCNC(=NCC(Nc1ccccc1)C(C)C)NCCCN1CCCC1=O. The van der Waals surface area contributed by atoms with Crippen LogP contribution >= 0.6 is 0 Å². The highest BCUT2D eigenvalue weighted by molar-refractivity contribution is 5.80. The largest absolute Gasteiger partial charge is 0.380 e. The second-order valence-corrected chi connectivity index (χ2v) is 7.35. The fourth-order valence-corrected chi connectivity index (χ4v) is 3.12. The van der Waals surface area contributed by atoms with E-state index in [-0.39, 0.29) is 6.04 Å². The molecule has 0 bridgehead atoms. The molecule has 6 heteroatoms. The molecule has 1 aromatic carbocycles. The molecule has 1 aliphatic heterocycles. The molecule has 1 aliphatic rings. The standard InChI is InChI=1S/C21H35N5O/c1-4-22-21(23-13-9-15-26-14-8-12-20(26)27)24-16-19(17(2)3)25-18-10-6-5-7-11-18/h5-7,10-11,17,19,25H,4,8-9,12-16H2,1-3H3,(H2,22,23,24). The van der Waals surface area contributed by atoms with E-state index >= 15 is 0 Å². The molecule has 1 unspecified atom stereocenters. The fraction of sp³-hybridized carbons (Fsp3) is 0.619. The monoisotopic (exact) mass is 373 g/mol. The first-order valence-electron chi connectivity index (χ1n) is 10.2. The Kier molecular flexibility index (Phi) is 8.95. The minimum absolute atomic E-state index is 0.269. The summed E-state index contributed by atoms with van der Waals surface area (Å²) in [6, 6.07) is 10.5. The Bertz CT molecular complexity index is 587. The molecular formula is C21H35N5O. The van der Waals surface area contributed by atoms with Crippen molar-refractivity contribution in [3.8, 4) is 0 Å². The number of anilines is 1. The van der Waals surface area contributed by atoms with Crippen molar-refractivity contribution in [1.82, 2.24) is 15.5 Å². The van der Waals surface area contributed by atoms with Crippen molar-refractivity contribution in [3.05, 3.63) is 30.3 Å². The Balaban J connectivity index is 1.81. The number of amides is 1. The van der Waals surface area contributed by atoms with Gasteiger partial charge in [-0.1, -0.05) is 32.0 Å². The normalized spacial score (nSPS) is 15.9. The third-order valence-electron chi connectivity index (χ3n) is 4.79. The Hall–Kier alpha value is -2.24. The molecule has 0 spiro atoms. The summed E-state index contributed by atoms with van der Waals surface area (Å²) in [4.78, 5) is 18.4. The predicted molar refractivity (Wildman–Crippen MR) is 113 cm³/mol. The maximum absolute atomic E-state index is 11.7. The smallest absolute Gasteiger partial charge is 0.222 e. The summed E-state index contributed by atoms with van der Waals surface area (Å²) in [6.07, 6.45) is 2.65. The molecule has 0 aromatic heterocycles. The summed E-state index contributed by atoms with van der Waals surface area (Å²) < 4.78 is 0. The van der Waals surface area contributed by atoms with Gasteiger partial charge in [0.15, 0.2) is 5.96 Å². The van der Waals surface area contributed by atoms with Crippen LogP contribution in [0.5, 0.6) is 0 Å². The number of carbonyl (C=O) groups is 1. The number of nitrogens with zero attached hydrogens (tertiary/aromatic N) is 2. The molecule has 1 saturated heterocycles. The van der Waals surface area contributed by atoms with Gasteiger partial charge in [0.05, 0.1) is 6.54 Å². The van der Waals surface area contributed by atoms with Crippen LogP contribution in [0.25, 0.3) is 0 Å². The summed E-state index contributed by atoms with van der Waals surface area (Å²) >= 11 is 0. The molecule has 0 saturated carbocycles. The van der Waals surface area contributed by atoms with Crippen molar-refractivity contribution >= 4 is 17.6 Å². The van der Waals surface area contributed by atoms with E-state index in [2.05, 4.69) is 48.9 Å². The molecule has 2 rings (SSSR count).